The summed E-state index contributed by atoms with van der Waals surface area (Å²) in [5.74, 6) is -0.114. The third kappa shape index (κ3) is 2.33. The number of carbonyl (C=O) groups excluding carboxylic acids is 1. The molecule has 0 aliphatic heterocycles. The number of carbonyl (C=O) groups is 1. The molecule has 136 valence electrons. The van der Waals surface area contributed by atoms with Gasteiger partial charge in [-0.3, -0.25) is 9.78 Å². The number of aromatic nitrogens is 3. The monoisotopic (exact) mass is 393 g/mol. The summed E-state index contributed by atoms with van der Waals surface area (Å²) in [6.07, 6.45) is 1.69. The normalized spacial score (nSPS) is 12.4. The van der Waals surface area contributed by atoms with Crippen LogP contribution in [0.4, 0.5) is 0 Å². The first-order chi connectivity index (χ1) is 14.2. The average Bonchev–Trinajstić information content (AvgIpc) is 2.77. The SMILES string of the molecule is O=C1c2cccnc2-c2nc(-c3ccc(Cl)cc3)cc3c2c1nc1ccccc13. The third-order valence-electron chi connectivity index (χ3n) is 5.31. The highest BCUT2D eigenvalue weighted by molar-refractivity contribution is 6.30. The van der Waals surface area contributed by atoms with Gasteiger partial charge in [0.05, 0.1) is 16.8 Å². The van der Waals surface area contributed by atoms with E-state index in [0.717, 1.165) is 32.9 Å². The van der Waals surface area contributed by atoms with E-state index in [9.17, 15) is 4.79 Å². The van der Waals surface area contributed by atoms with Crippen LogP contribution in [-0.4, -0.2) is 20.7 Å². The summed E-state index contributed by atoms with van der Waals surface area (Å²) in [6, 6.07) is 21.0. The molecule has 0 radical (unpaired) electrons. The largest absolute Gasteiger partial charge is 0.287 e. The van der Waals surface area contributed by atoms with Crippen molar-refractivity contribution in [1.82, 2.24) is 15.0 Å². The van der Waals surface area contributed by atoms with E-state index in [1.807, 2.05) is 54.6 Å². The molecule has 1 aliphatic carbocycles. The molecule has 0 bridgehead atoms. The lowest BCUT2D eigenvalue weighted by Crippen LogP contribution is -2.14. The Morgan fingerprint density at radius 3 is 2.45 bits per heavy atom. The summed E-state index contributed by atoms with van der Waals surface area (Å²) in [4.78, 5) is 27.3. The van der Waals surface area contributed by atoms with Gasteiger partial charge in [-0.2, -0.15) is 0 Å². The number of benzene rings is 2. The van der Waals surface area contributed by atoms with Gasteiger partial charge in [-0.1, -0.05) is 41.9 Å². The molecule has 0 amide bonds. The highest BCUT2D eigenvalue weighted by atomic mass is 35.5. The molecular formula is C24H12ClN3O. The summed E-state index contributed by atoms with van der Waals surface area (Å²) < 4.78 is 0. The number of rotatable bonds is 1. The van der Waals surface area contributed by atoms with Gasteiger partial charge in [-0.25, -0.2) is 9.97 Å². The molecule has 6 rings (SSSR count). The Hall–Kier alpha value is -3.63. The smallest absolute Gasteiger partial charge is 0.214 e. The first-order valence-electron chi connectivity index (χ1n) is 9.20. The van der Waals surface area contributed by atoms with Crippen molar-refractivity contribution in [3.8, 4) is 22.6 Å². The van der Waals surface area contributed by atoms with Crippen LogP contribution < -0.4 is 0 Å². The Kier molecular flexibility index (Phi) is 3.34. The zero-order valence-electron chi connectivity index (χ0n) is 15.1. The number of hydrogen-bond donors (Lipinski definition) is 0. The van der Waals surface area contributed by atoms with Crippen molar-refractivity contribution in [2.24, 2.45) is 0 Å². The summed E-state index contributed by atoms with van der Waals surface area (Å²) in [6.45, 7) is 0. The number of fused-ring (bicyclic) bond motifs is 4. The van der Waals surface area contributed by atoms with Crippen molar-refractivity contribution in [3.05, 3.63) is 89.2 Å². The predicted octanol–water partition coefficient (Wildman–Crippen LogP) is 5.71. The van der Waals surface area contributed by atoms with Crippen molar-refractivity contribution >= 4 is 39.1 Å². The maximum Gasteiger partial charge on any atom is 0.214 e. The van der Waals surface area contributed by atoms with Gasteiger partial charge in [0, 0.05) is 27.6 Å². The van der Waals surface area contributed by atoms with Crippen molar-refractivity contribution in [1.29, 1.82) is 0 Å². The molecule has 2 aromatic carbocycles. The minimum Gasteiger partial charge on any atom is -0.287 e. The van der Waals surface area contributed by atoms with Gasteiger partial charge in [-0.15, -0.1) is 0 Å². The van der Waals surface area contributed by atoms with Crippen LogP contribution >= 0.6 is 11.6 Å². The quantitative estimate of drug-likeness (QED) is 0.336. The van der Waals surface area contributed by atoms with Crippen LogP contribution in [0.2, 0.25) is 5.02 Å². The van der Waals surface area contributed by atoms with E-state index in [-0.39, 0.29) is 5.78 Å². The molecule has 0 saturated carbocycles. The van der Waals surface area contributed by atoms with Crippen molar-refractivity contribution in [3.63, 3.8) is 0 Å². The van der Waals surface area contributed by atoms with E-state index in [0.29, 0.717) is 27.7 Å². The van der Waals surface area contributed by atoms with Crippen LogP contribution in [0.15, 0.2) is 72.9 Å². The second-order valence-electron chi connectivity index (χ2n) is 6.99. The number of hydrogen-bond acceptors (Lipinski definition) is 4. The Balaban J connectivity index is 1.82. The summed E-state index contributed by atoms with van der Waals surface area (Å²) >= 11 is 6.07. The highest BCUT2D eigenvalue weighted by Crippen LogP contribution is 2.40. The lowest BCUT2D eigenvalue weighted by Gasteiger charge is -2.19. The molecule has 0 atom stereocenters. The molecular weight excluding hydrogens is 382 g/mol. The van der Waals surface area contributed by atoms with Gasteiger partial charge in [0.25, 0.3) is 0 Å². The van der Waals surface area contributed by atoms with Crippen LogP contribution in [0, 0.1) is 0 Å². The minimum atomic E-state index is -0.114. The number of nitrogens with zero attached hydrogens (tertiary/aromatic N) is 3. The Morgan fingerprint density at radius 2 is 1.59 bits per heavy atom. The van der Waals surface area contributed by atoms with Crippen molar-refractivity contribution in [2.45, 2.75) is 0 Å². The molecule has 4 nitrogen and oxygen atoms in total. The summed E-state index contributed by atoms with van der Waals surface area (Å²) in [5, 5.41) is 3.37. The minimum absolute atomic E-state index is 0.114. The predicted molar refractivity (Wildman–Crippen MR) is 114 cm³/mol. The molecule has 1 aliphatic rings. The van der Waals surface area contributed by atoms with Gasteiger partial charge in [-0.05, 0) is 41.8 Å². The first kappa shape index (κ1) is 16.3. The molecule has 3 aromatic heterocycles. The lowest BCUT2D eigenvalue weighted by molar-refractivity contribution is 0.103. The van der Waals surface area contributed by atoms with Gasteiger partial charge < -0.3 is 0 Å². The molecule has 5 aromatic rings. The van der Waals surface area contributed by atoms with Gasteiger partial charge in [0.1, 0.15) is 17.1 Å². The van der Waals surface area contributed by atoms with E-state index in [2.05, 4.69) is 4.98 Å². The van der Waals surface area contributed by atoms with Crippen LogP contribution in [0.3, 0.4) is 0 Å². The van der Waals surface area contributed by atoms with E-state index in [1.165, 1.54) is 0 Å². The molecule has 0 saturated heterocycles. The average molecular weight is 394 g/mol. The van der Waals surface area contributed by atoms with E-state index in [4.69, 9.17) is 21.6 Å². The second-order valence-corrected chi connectivity index (χ2v) is 7.43. The fourth-order valence-electron chi connectivity index (χ4n) is 3.98. The van der Waals surface area contributed by atoms with Crippen LogP contribution in [0.5, 0.6) is 0 Å². The zero-order chi connectivity index (χ0) is 19.5. The summed E-state index contributed by atoms with van der Waals surface area (Å²) in [7, 11) is 0. The fourth-order valence-corrected chi connectivity index (χ4v) is 4.11. The van der Waals surface area contributed by atoms with E-state index in [1.54, 1.807) is 18.3 Å². The van der Waals surface area contributed by atoms with Crippen LogP contribution in [0.1, 0.15) is 16.1 Å². The standard InChI is InChI=1S/C24H12ClN3O/c25-14-9-7-13(8-10-14)19-12-17-15-4-1-2-6-18(15)27-23-20(17)22(28-19)21-16(24(23)29)5-3-11-26-21/h1-12H. The molecule has 0 fully saturated rings. The Bertz CT molecular complexity index is 1480. The van der Waals surface area contributed by atoms with Gasteiger partial charge in [0.15, 0.2) is 0 Å². The number of para-hydroxylation sites is 1. The Morgan fingerprint density at radius 1 is 0.759 bits per heavy atom. The van der Waals surface area contributed by atoms with Crippen molar-refractivity contribution in [2.75, 3.05) is 0 Å². The first-order valence-corrected chi connectivity index (χ1v) is 9.58. The van der Waals surface area contributed by atoms with Gasteiger partial charge >= 0.3 is 0 Å². The molecule has 29 heavy (non-hydrogen) atoms. The molecule has 0 unspecified atom stereocenters. The topological polar surface area (TPSA) is 55.7 Å². The second kappa shape index (κ2) is 5.93. The van der Waals surface area contributed by atoms with E-state index < -0.39 is 0 Å². The Labute approximate surface area is 170 Å². The number of pyridine rings is 3. The molecule has 3 heterocycles. The zero-order valence-corrected chi connectivity index (χ0v) is 15.8. The van der Waals surface area contributed by atoms with Crippen LogP contribution in [0.25, 0.3) is 44.3 Å². The van der Waals surface area contributed by atoms with Crippen molar-refractivity contribution < 1.29 is 4.79 Å². The summed E-state index contributed by atoms with van der Waals surface area (Å²) in [5.41, 5.74) is 4.80. The lowest BCUT2D eigenvalue weighted by atomic mass is 9.89. The highest BCUT2D eigenvalue weighted by Gasteiger charge is 2.30. The molecule has 5 heteroatoms. The van der Waals surface area contributed by atoms with Crippen LogP contribution in [-0.2, 0) is 0 Å². The van der Waals surface area contributed by atoms with E-state index >= 15 is 0 Å². The van der Waals surface area contributed by atoms with Gasteiger partial charge in [0.2, 0.25) is 5.78 Å². The fraction of sp³-hybridized carbons (Fsp3) is 0. The third-order valence-corrected chi connectivity index (χ3v) is 5.57. The maximum absolute atomic E-state index is 13.2. The maximum atomic E-state index is 13.2. The molecule has 0 spiro atoms. The number of ketones is 1. The number of halogens is 1. The molecule has 0 N–H and O–H groups in total.